The van der Waals surface area contributed by atoms with Gasteiger partial charge in [-0.05, 0) is 31.9 Å². The van der Waals surface area contributed by atoms with Crippen LogP contribution in [0.2, 0.25) is 0 Å². The van der Waals surface area contributed by atoms with Crippen molar-refractivity contribution in [2.24, 2.45) is 12.5 Å². The highest BCUT2D eigenvalue weighted by molar-refractivity contribution is 5.82. The van der Waals surface area contributed by atoms with Crippen molar-refractivity contribution in [1.29, 1.82) is 0 Å². The Hall–Kier alpha value is -1.78. The van der Waals surface area contributed by atoms with Crippen molar-refractivity contribution in [3.63, 3.8) is 0 Å². The maximum Gasteiger partial charge on any atom is 0.228 e. The molecular formula is C19H31N3O2. The smallest absolute Gasteiger partial charge is 0.228 e. The second kappa shape index (κ2) is 6.99. The molecule has 2 heterocycles. The van der Waals surface area contributed by atoms with Crippen molar-refractivity contribution in [2.75, 3.05) is 26.2 Å². The molecule has 24 heavy (non-hydrogen) atoms. The van der Waals surface area contributed by atoms with Gasteiger partial charge in [-0.25, -0.2) is 0 Å². The fourth-order valence-corrected chi connectivity index (χ4v) is 3.23. The molecule has 134 valence electrons. The maximum absolute atomic E-state index is 12.7. The molecule has 2 amide bonds. The zero-order valence-electron chi connectivity index (χ0n) is 16.0. The van der Waals surface area contributed by atoms with Crippen LogP contribution in [0.1, 0.15) is 44.1 Å². The molecule has 1 aromatic heterocycles. The third-order valence-electron chi connectivity index (χ3n) is 5.00. The molecule has 1 saturated heterocycles. The number of aryl methyl sites for hydroxylation is 1. The zero-order valence-corrected chi connectivity index (χ0v) is 16.0. The minimum Gasteiger partial charge on any atom is -0.352 e. The topological polar surface area (TPSA) is 45.6 Å². The van der Waals surface area contributed by atoms with Gasteiger partial charge in [0.05, 0.1) is 6.42 Å². The number of aromatic nitrogens is 1. The van der Waals surface area contributed by atoms with Gasteiger partial charge < -0.3 is 14.4 Å². The van der Waals surface area contributed by atoms with E-state index in [9.17, 15) is 9.59 Å². The van der Waals surface area contributed by atoms with Gasteiger partial charge in [0, 0.05) is 50.0 Å². The number of nitrogens with zero attached hydrogens (tertiary/aromatic N) is 3. The lowest BCUT2D eigenvalue weighted by molar-refractivity contribution is -0.139. The highest BCUT2D eigenvalue weighted by Gasteiger charge is 2.29. The second-order valence-corrected chi connectivity index (χ2v) is 7.91. The molecule has 0 unspecified atom stereocenters. The number of hydrogen-bond donors (Lipinski definition) is 0. The van der Waals surface area contributed by atoms with Crippen molar-refractivity contribution in [2.45, 2.75) is 47.5 Å². The molecule has 0 spiro atoms. The standard InChI is InChI=1S/C19H31N3O2/c1-14-12-16(15(2)20(14)6)13-17(23)21-8-7-9-22(11-10-21)18(24)19(3,4)5/h12H,7-11,13H2,1-6H3. The average molecular weight is 333 g/mol. The van der Waals surface area contributed by atoms with Crippen LogP contribution in [0.15, 0.2) is 6.07 Å². The molecule has 0 saturated carbocycles. The number of rotatable bonds is 2. The van der Waals surface area contributed by atoms with Crippen molar-refractivity contribution >= 4 is 11.8 Å². The van der Waals surface area contributed by atoms with Gasteiger partial charge in [0.25, 0.3) is 0 Å². The van der Waals surface area contributed by atoms with Gasteiger partial charge in [-0.15, -0.1) is 0 Å². The molecule has 0 radical (unpaired) electrons. The molecule has 2 rings (SSSR count). The predicted octanol–water partition coefficient (Wildman–Crippen LogP) is 2.29. The summed E-state index contributed by atoms with van der Waals surface area (Å²) in [5.74, 6) is 0.333. The van der Waals surface area contributed by atoms with E-state index in [0.717, 1.165) is 30.8 Å². The van der Waals surface area contributed by atoms with Crippen molar-refractivity contribution in [3.05, 3.63) is 23.0 Å². The van der Waals surface area contributed by atoms with Gasteiger partial charge >= 0.3 is 0 Å². The second-order valence-electron chi connectivity index (χ2n) is 7.91. The Kier molecular flexibility index (Phi) is 5.41. The largest absolute Gasteiger partial charge is 0.352 e. The van der Waals surface area contributed by atoms with E-state index in [2.05, 4.69) is 24.5 Å². The first kappa shape index (κ1) is 18.6. The van der Waals surface area contributed by atoms with Gasteiger partial charge in [-0.3, -0.25) is 9.59 Å². The summed E-state index contributed by atoms with van der Waals surface area (Å²) in [7, 11) is 2.03. The van der Waals surface area contributed by atoms with Crippen LogP contribution >= 0.6 is 0 Å². The van der Waals surface area contributed by atoms with E-state index in [4.69, 9.17) is 0 Å². The first-order chi connectivity index (χ1) is 11.1. The zero-order chi connectivity index (χ0) is 18.1. The number of hydrogen-bond acceptors (Lipinski definition) is 2. The molecule has 0 aliphatic carbocycles. The van der Waals surface area contributed by atoms with Gasteiger partial charge in [0.1, 0.15) is 0 Å². The first-order valence-corrected chi connectivity index (χ1v) is 8.80. The third-order valence-corrected chi connectivity index (χ3v) is 5.00. The molecule has 1 fully saturated rings. The Morgan fingerprint density at radius 1 is 1.04 bits per heavy atom. The fourth-order valence-electron chi connectivity index (χ4n) is 3.23. The summed E-state index contributed by atoms with van der Waals surface area (Å²) in [6.45, 7) is 12.7. The van der Waals surface area contributed by atoms with Crippen LogP contribution in [0.4, 0.5) is 0 Å². The molecule has 1 aliphatic rings. The first-order valence-electron chi connectivity index (χ1n) is 8.80. The van der Waals surface area contributed by atoms with E-state index in [1.807, 2.05) is 37.6 Å². The van der Waals surface area contributed by atoms with E-state index in [-0.39, 0.29) is 17.2 Å². The summed E-state index contributed by atoms with van der Waals surface area (Å²) < 4.78 is 2.12. The van der Waals surface area contributed by atoms with Crippen molar-refractivity contribution in [1.82, 2.24) is 14.4 Å². The van der Waals surface area contributed by atoms with E-state index in [0.29, 0.717) is 19.5 Å². The number of carbonyl (C=O) groups excluding carboxylic acids is 2. The van der Waals surface area contributed by atoms with Crippen LogP contribution in [-0.2, 0) is 23.1 Å². The van der Waals surface area contributed by atoms with Gasteiger partial charge in [0.15, 0.2) is 0 Å². The summed E-state index contributed by atoms with van der Waals surface area (Å²) in [4.78, 5) is 28.9. The third kappa shape index (κ3) is 4.00. The minimum absolute atomic E-state index is 0.161. The lowest BCUT2D eigenvalue weighted by Crippen LogP contribution is -2.42. The Morgan fingerprint density at radius 2 is 1.62 bits per heavy atom. The summed E-state index contributed by atoms with van der Waals surface area (Å²) in [6.07, 6.45) is 1.29. The van der Waals surface area contributed by atoms with Gasteiger partial charge in [0.2, 0.25) is 11.8 Å². The molecular weight excluding hydrogens is 302 g/mol. The summed E-state index contributed by atoms with van der Waals surface area (Å²) in [6, 6.07) is 2.10. The minimum atomic E-state index is -0.363. The Morgan fingerprint density at radius 3 is 2.17 bits per heavy atom. The number of amides is 2. The fraction of sp³-hybridized carbons (Fsp3) is 0.684. The van der Waals surface area contributed by atoms with Crippen LogP contribution in [0.3, 0.4) is 0 Å². The molecule has 0 N–H and O–H groups in total. The highest BCUT2D eigenvalue weighted by atomic mass is 16.2. The van der Waals surface area contributed by atoms with E-state index in [1.165, 1.54) is 5.69 Å². The van der Waals surface area contributed by atoms with E-state index in [1.54, 1.807) is 0 Å². The Balaban J connectivity index is 1.99. The molecule has 5 nitrogen and oxygen atoms in total. The summed E-state index contributed by atoms with van der Waals surface area (Å²) in [5.41, 5.74) is 3.07. The van der Waals surface area contributed by atoms with E-state index >= 15 is 0 Å². The van der Waals surface area contributed by atoms with Crippen LogP contribution in [-0.4, -0.2) is 52.4 Å². The van der Waals surface area contributed by atoms with Gasteiger partial charge in [-0.2, -0.15) is 0 Å². The highest BCUT2D eigenvalue weighted by Crippen LogP contribution is 2.19. The lowest BCUT2D eigenvalue weighted by atomic mass is 9.94. The van der Waals surface area contributed by atoms with Crippen LogP contribution in [0, 0.1) is 19.3 Å². The van der Waals surface area contributed by atoms with Crippen LogP contribution in [0.5, 0.6) is 0 Å². The normalized spacial score (nSPS) is 16.2. The molecule has 0 bridgehead atoms. The molecule has 1 aromatic rings. The van der Waals surface area contributed by atoms with Crippen LogP contribution < -0.4 is 0 Å². The van der Waals surface area contributed by atoms with Crippen molar-refractivity contribution < 1.29 is 9.59 Å². The number of carbonyl (C=O) groups is 2. The predicted molar refractivity (Wildman–Crippen MR) is 95.8 cm³/mol. The maximum atomic E-state index is 12.7. The monoisotopic (exact) mass is 333 g/mol. The summed E-state index contributed by atoms with van der Waals surface area (Å²) >= 11 is 0. The molecule has 5 heteroatoms. The van der Waals surface area contributed by atoms with Gasteiger partial charge in [-0.1, -0.05) is 20.8 Å². The SMILES string of the molecule is Cc1cc(CC(=O)N2CCCN(C(=O)C(C)(C)C)CC2)c(C)n1C. The quantitative estimate of drug-likeness (QED) is 0.833. The van der Waals surface area contributed by atoms with Crippen LogP contribution in [0.25, 0.3) is 0 Å². The Labute approximate surface area is 145 Å². The Bertz CT molecular complexity index is 625. The molecule has 1 aliphatic heterocycles. The van der Waals surface area contributed by atoms with Crippen molar-refractivity contribution in [3.8, 4) is 0 Å². The molecule has 0 atom stereocenters. The van der Waals surface area contributed by atoms with E-state index < -0.39 is 0 Å². The average Bonchev–Trinajstić information content (AvgIpc) is 2.72. The lowest BCUT2D eigenvalue weighted by Gasteiger charge is -2.28. The summed E-state index contributed by atoms with van der Waals surface area (Å²) in [5, 5.41) is 0. The molecule has 0 aromatic carbocycles.